The van der Waals surface area contributed by atoms with Gasteiger partial charge in [0.15, 0.2) is 6.10 Å². The Morgan fingerprint density at radius 3 is 2.62 bits per heavy atom. The largest absolute Gasteiger partial charge is 0.453 e. The molecule has 0 aliphatic carbocycles. The van der Waals surface area contributed by atoms with Crippen LogP contribution in [-0.2, 0) is 20.7 Å². The molecule has 0 radical (unpaired) electrons. The molecule has 0 bridgehead atoms. The van der Waals surface area contributed by atoms with Crippen LogP contribution in [0.1, 0.15) is 19.2 Å². The number of aryl methyl sites for hydroxylation is 1. The minimum Gasteiger partial charge on any atom is -0.453 e. The zero-order valence-electron chi connectivity index (χ0n) is 15.4. The summed E-state index contributed by atoms with van der Waals surface area (Å²) >= 11 is 0. The molecule has 1 unspecified atom stereocenters. The molecule has 0 aliphatic heterocycles. The van der Waals surface area contributed by atoms with Gasteiger partial charge in [0.05, 0.1) is 6.42 Å². The molecule has 1 amide bonds. The zero-order valence-corrected chi connectivity index (χ0v) is 15.4. The van der Waals surface area contributed by atoms with Gasteiger partial charge in [-0.3, -0.25) is 9.59 Å². The first-order valence-electron chi connectivity index (χ1n) is 8.75. The summed E-state index contributed by atoms with van der Waals surface area (Å²) < 4.78 is 36.2. The molecule has 0 aliphatic rings. The van der Waals surface area contributed by atoms with Gasteiger partial charge >= 0.3 is 5.97 Å². The fourth-order valence-corrected chi connectivity index (χ4v) is 2.40. The number of hydrogen-bond donors (Lipinski definition) is 1. The van der Waals surface area contributed by atoms with Crippen molar-refractivity contribution >= 4 is 17.6 Å². The Kier molecular flexibility index (Phi) is 6.28. The van der Waals surface area contributed by atoms with Crippen LogP contribution in [0.2, 0.25) is 0 Å². The molecule has 7 nitrogen and oxygen atoms in total. The number of ether oxygens (including phenoxy) is 1. The highest BCUT2D eigenvalue weighted by molar-refractivity contribution is 5.95. The minimum absolute atomic E-state index is 0.0807. The third kappa shape index (κ3) is 5.68. The number of esters is 1. The van der Waals surface area contributed by atoms with Crippen molar-refractivity contribution < 1.29 is 27.6 Å². The molecule has 0 saturated heterocycles. The topological polar surface area (TPSA) is 94.3 Å². The van der Waals surface area contributed by atoms with E-state index in [0.29, 0.717) is 5.56 Å². The quantitative estimate of drug-likeness (QED) is 0.609. The van der Waals surface area contributed by atoms with Crippen LogP contribution in [0.15, 0.2) is 53.1 Å². The SMILES string of the molecule is CC(OC(=O)CCc1nc(-c2ccc(F)cc2)no1)C(=O)Nc1cccc(F)c1. The van der Waals surface area contributed by atoms with Crippen LogP contribution in [0.3, 0.4) is 0 Å². The summed E-state index contributed by atoms with van der Waals surface area (Å²) in [5.41, 5.74) is 0.837. The van der Waals surface area contributed by atoms with Crippen LogP contribution in [0.4, 0.5) is 14.5 Å². The first-order valence-corrected chi connectivity index (χ1v) is 8.75. The number of hydrogen-bond acceptors (Lipinski definition) is 6. The van der Waals surface area contributed by atoms with Crippen molar-refractivity contribution in [3.8, 4) is 11.4 Å². The fourth-order valence-electron chi connectivity index (χ4n) is 2.40. The summed E-state index contributed by atoms with van der Waals surface area (Å²) in [6.07, 6.45) is -1.03. The van der Waals surface area contributed by atoms with Crippen LogP contribution in [0, 0.1) is 11.6 Å². The zero-order chi connectivity index (χ0) is 20.8. The van der Waals surface area contributed by atoms with E-state index in [1.165, 1.54) is 49.4 Å². The molecule has 0 fully saturated rings. The number of aromatic nitrogens is 2. The highest BCUT2D eigenvalue weighted by Gasteiger charge is 2.19. The number of halogens is 2. The summed E-state index contributed by atoms with van der Waals surface area (Å²) in [6, 6.07) is 10.9. The van der Waals surface area contributed by atoms with E-state index >= 15 is 0 Å². The third-order valence-electron chi connectivity index (χ3n) is 3.88. The standard InChI is InChI=1S/C20H17F2N3O4/c1-12(20(27)23-16-4-2-3-15(22)11-16)28-18(26)10-9-17-24-19(25-29-17)13-5-7-14(21)8-6-13/h2-8,11-12H,9-10H2,1H3,(H,23,27). The van der Waals surface area contributed by atoms with Crippen molar-refractivity contribution in [2.24, 2.45) is 0 Å². The first kappa shape index (κ1) is 20.1. The van der Waals surface area contributed by atoms with Gasteiger partial charge in [-0.25, -0.2) is 8.78 Å². The van der Waals surface area contributed by atoms with Crippen molar-refractivity contribution in [3.05, 3.63) is 66.1 Å². The summed E-state index contributed by atoms with van der Waals surface area (Å²) in [6.45, 7) is 1.41. The number of amides is 1. The third-order valence-corrected chi connectivity index (χ3v) is 3.88. The average Bonchev–Trinajstić information content (AvgIpc) is 3.16. The van der Waals surface area contributed by atoms with Crippen LogP contribution >= 0.6 is 0 Å². The number of carbonyl (C=O) groups is 2. The highest BCUT2D eigenvalue weighted by atomic mass is 19.1. The Balaban J connectivity index is 1.48. The lowest BCUT2D eigenvalue weighted by Crippen LogP contribution is -2.30. The van der Waals surface area contributed by atoms with Gasteiger partial charge in [0.2, 0.25) is 11.7 Å². The van der Waals surface area contributed by atoms with Crippen molar-refractivity contribution in [2.75, 3.05) is 5.32 Å². The number of nitrogens with zero attached hydrogens (tertiary/aromatic N) is 2. The van der Waals surface area contributed by atoms with Gasteiger partial charge < -0.3 is 14.6 Å². The van der Waals surface area contributed by atoms with E-state index in [4.69, 9.17) is 9.26 Å². The molecule has 3 rings (SSSR count). The molecular weight excluding hydrogens is 384 g/mol. The minimum atomic E-state index is -1.07. The second-order valence-corrected chi connectivity index (χ2v) is 6.15. The van der Waals surface area contributed by atoms with E-state index in [1.807, 2.05) is 0 Å². The van der Waals surface area contributed by atoms with Gasteiger partial charge in [-0.05, 0) is 49.4 Å². The predicted molar refractivity (Wildman–Crippen MR) is 98.6 cm³/mol. The lowest BCUT2D eigenvalue weighted by Gasteiger charge is -2.13. The number of carbonyl (C=O) groups excluding carboxylic acids is 2. The van der Waals surface area contributed by atoms with Gasteiger partial charge in [0.1, 0.15) is 11.6 Å². The van der Waals surface area contributed by atoms with Crippen LogP contribution in [0.5, 0.6) is 0 Å². The van der Waals surface area contributed by atoms with Crippen LogP contribution in [-0.4, -0.2) is 28.1 Å². The Morgan fingerprint density at radius 1 is 1.14 bits per heavy atom. The lowest BCUT2D eigenvalue weighted by molar-refractivity contribution is -0.153. The van der Waals surface area contributed by atoms with Gasteiger partial charge in [0, 0.05) is 17.7 Å². The number of rotatable bonds is 7. The Bertz CT molecular complexity index is 1000. The second-order valence-electron chi connectivity index (χ2n) is 6.15. The smallest absolute Gasteiger partial charge is 0.307 e. The Morgan fingerprint density at radius 2 is 1.90 bits per heavy atom. The molecule has 0 spiro atoms. The molecule has 2 aromatic carbocycles. The van der Waals surface area contributed by atoms with E-state index in [2.05, 4.69) is 15.5 Å². The van der Waals surface area contributed by atoms with Crippen LogP contribution < -0.4 is 5.32 Å². The number of benzene rings is 2. The van der Waals surface area contributed by atoms with Gasteiger partial charge in [0.25, 0.3) is 5.91 Å². The van der Waals surface area contributed by atoms with E-state index in [-0.39, 0.29) is 36.1 Å². The van der Waals surface area contributed by atoms with E-state index in [0.717, 1.165) is 6.07 Å². The lowest BCUT2D eigenvalue weighted by atomic mass is 10.2. The molecule has 150 valence electrons. The summed E-state index contributed by atoms with van der Waals surface area (Å²) in [7, 11) is 0. The van der Waals surface area contributed by atoms with Gasteiger partial charge in [-0.1, -0.05) is 11.2 Å². The molecule has 29 heavy (non-hydrogen) atoms. The Hall–Kier alpha value is -3.62. The van der Waals surface area contributed by atoms with Crippen molar-refractivity contribution in [1.29, 1.82) is 0 Å². The fraction of sp³-hybridized carbons (Fsp3) is 0.200. The van der Waals surface area contributed by atoms with Crippen LogP contribution in [0.25, 0.3) is 11.4 Å². The summed E-state index contributed by atoms with van der Waals surface area (Å²) in [5.74, 6) is -1.61. The van der Waals surface area contributed by atoms with Gasteiger partial charge in [-0.15, -0.1) is 0 Å². The van der Waals surface area contributed by atoms with Gasteiger partial charge in [-0.2, -0.15) is 4.98 Å². The van der Waals surface area contributed by atoms with E-state index in [9.17, 15) is 18.4 Å². The van der Waals surface area contributed by atoms with Crippen molar-refractivity contribution in [2.45, 2.75) is 25.9 Å². The molecule has 1 heterocycles. The molecule has 1 N–H and O–H groups in total. The van der Waals surface area contributed by atoms with E-state index < -0.39 is 23.8 Å². The maximum atomic E-state index is 13.1. The maximum Gasteiger partial charge on any atom is 0.307 e. The molecule has 0 saturated carbocycles. The molecule has 9 heteroatoms. The van der Waals surface area contributed by atoms with E-state index in [1.54, 1.807) is 0 Å². The summed E-state index contributed by atoms with van der Waals surface area (Å²) in [5, 5.41) is 6.25. The molecule has 3 aromatic rings. The first-order chi connectivity index (χ1) is 13.9. The highest BCUT2D eigenvalue weighted by Crippen LogP contribution is 2.17. The monoisotopic (exact) mass is 401 g/mol. The average molecular weight is 401 g/mol. The normalized spacial score (nSPS) is 11.7. The van der Waals surface area contributed by atoms with Crippen molar-refractivity contribution in [3.63, 3.8) is 0 Å². The number of anilines is 1. The Labute approximate surface area is 164 Å². The number of nitrogens with one attached hydrogen (secondary N) is 1. The molecule has 1 atom stereocenters. The van der Waals surface area contributed by atoms with Crippen molar-refractivity contribution in [1.82, 2.24) is 10.1 Å². The predicted octanol–water partition coefficient (Wildman–Crippen LogP) is 3.52. The molecule has 1 aromatic heterocycles. The maximum absolute atomic E-state index is 13.1. The second kappa shape index (κ2) is 9.05. The summed E-state index contributed by atoms with van der Waals surface area (Å²) in [4.78, 5) is 28.1. The molecular formula is C20H17F2N3O4.